The van der Waals surface area contributed by atoms with Crippen LogP contribution < -0.4 is 10.6 Å². The lowest BCUT2D eigenvalue weighted by atomic mass is 10.00. The molecule has 18 heavy (non-hydrogen) atoms. The summed E-state index contributed by atoms with van der Waals surface area (Å²) >= 11 is 6.43. The predicted molar refractivity (Wildman–Crippen MR) is 79.4 cm³/mol. The van der Waals surface area contributed by atoms with Gasteiger partial charge in [-0.3, -0.25) is 0 Å². The van der Waals surface area contributed by atoms with Crippen molar-refractivity contribution < 1.29 is 0 Å². The number of nitrogens with zero attached hydrogens (tertiary/aromatic N) is 1. The van der Waals surface area contributed by atoms with Crippen molar-refractivity contribution in [2.45, 2.75) is 39.2 Å². The number of halogens is 1. The highest BCUT2D eigenvalue weighted by molar-refractivity contribution is 6.33. The van der Waals surface area contributed by atoms with Crippen molar-refractivity contribution in [3.05, 3.63) is 28.8 Å². The summed E-state index contributed by atoms with van der Waals surface area (Å²) in [4.78, 5) is 2.50. The Morgan fingerprint density at radius 1 is 1.44 bits per heavy atom. The largest absolute Gasteiger partial charge is 0.367 e. The zero-order valence-corrected chi connectivity index (χ0v) is 12.1. The minimum atomic E-state index is 0.612. The van der Waals surface area contributed by atoms with Gasteiger partial charge in [0.2, 0.25) is 0 Å². The zero-order chi connectivity index (χ0) is 13.1. The minimum absolute atomic E-state index is 0.612. The maximum absolute atomic E-state index is 6.43. The molecule has 1 aliphatic heterocycles. The quantitative estimate of drug-likeness (QED) is 0.904. The zero-order valence-electron chi connectivity index (χ0n) is 11.3. The molecule has 0 saturated carbocycles. The van der Waals surface area contributed by atoms with Crippen LogP contribution in [0.25, 0.3) is 0 Å². The average molecular weight is 267 g/mol. The van der Waals surface area contributed by atoms with E-state index < -0.39 is 0 Å². The number of hydrogen-bond acceptors (Lipinski definition) is 2. The number of anilines is 1. The molecule has 1 fully saturated rings. The Hall–Kier alpha value is -0.730. The number of hydrogen-bond donors (Lipinski definition) is 1. The van der Waals surface area contributed by atoms with Gasteiger partial charge in [0.15, 0.2) is 0 Å². The molecule has 1 aromatic carbocycles. The number of rotatable bonds is 4. The third-order valence-corrected chi connectivity index (χ3v) is 4.15. The molecule has 0 aliphatic carbocycles. The summed E-state index contributed by atoms with van der Waals surface area (Å²) in [5.74, 6) is 0.662. The standard InChI is InChI=1S/C15H23ClN2/c1-11(2)14-7-4-10-18(14)15-12(8-9-17)5-3-6-13(15)16/h3,5-6,11,14H,4,7-10,17H2,1-2H3. The van der Waals surface area contributed by atoms with Gasteiger partial charge in [0, 0.05) is 12.6 Å². The maximum atomic E-state index is 6.43. The van der Waals surface area contributed by atoms with E-state index in [4.69, 9.17) is 17.3 Å². The van der Waals surface area contributed by atoms with Gasteiger partial charge in [0.1, 0.15) is 0 Å². The topological polar surface area (TPSA) is 29.3 Å². The summed E-state index contributed by atoms with van der Waals surface area (Å²) in [6.07, 6.45) is 3.43. The van der Waals surface area contributed by atoms with Crippen LogP contribution in [0.5, 0.6) is 0 Å². The van der Waals surface area contributed by atoms with Gasteiger partial charge < -0.3 is 10.6 Å². The van der Waals surface area contributed by atoms with Gasteiger partial charge in [-0.15, -0.1) is 0 Å². The van der Waals surface area contributed by atoms with E-state index in [1.54, 1.807) is 0 Å². The van der Waals surface area contributed by atoms with E-state index in [-0.39, 0.29) is 0 Å². The van der Waals surface area contributed by atoms with Gasteiger partial charge in [-0.1, -0.05) is 37.6 Å². The van der Waals surface area contributed by atoms with Crippen molar-refractivity contribution in [3.8, 4) is 0 Å². The summed E-state index contributed by atoms with van der Waals surface area (Å²) in [5, 5.41) is 0.869. The molecule has 3 heteroatoms. The van der Waals surface area contributed by atoms with Crippen molar-refractivity contribution in [1.29, 1.82) is 0 Å². The number of benzene rings is 1. The molecular weight excluding hydrogens is 244 g/mol. The Morgan fingerprint density at radius 2 is 2.22 bits per heavy atom. The van der Waals surface area contributed by atoms with E-state index in [2.05, 4.69) is 24.8 Å². The fraction of sp³-hybridized carbons (Fsp3) is 0.600. The lowest BCUT2D eigenvalue weighted by molar-refractivity contribution is 0.491. The third kappa shape index (κ3) is 2.65. The van der Waals surface area contributed by atoms with E-state index >= 15 is 0 Å². The van der Waals surface area contributed by atoms with Crippen LogP contribution in [-0.4, -0.2) is 19.1 Å². The first-order valence-electron chi connectivity index (χ1n) is 6.89. The predicted octanol–water partition coefficient (Wildman–Crippen LogP) is 3.47. The molecular formula is C15H23ClN2. The van der Waals surface area contributed by atoms with Gasteiger partial charge in [0.05, 0.1) is 10.7 Å². The third-order valence-electron chi connectivity index (χ3n) is 3.84. The summed E-state index contributed by atoms with van der Waals surface area (Å²) in [6.45, 7) is 6.38. The average Bonchev–Trinajstić information content (AvgIpc) is 2.78. The molecule has 2 N–H and O–H groups in total. The Morgan fingerprint density at radius 3 is 2.89 bits per heavy atom. The van der Waals surface area contributed by atoms with E-state index in [1.165, 1.54) is 24.1 Å². The molecule has 0 spiro atoms. The van der Waals surface area contributed by atoms with Crippen LogP contribution in [0.2, 0.25) is 5.02 Å². The highest BCUT2D eigenvalue weighted by Crippen LogP contribution is 2.37. The van der Waals surface area contributed by atoms with Gasteiger partial charge in [-0.25, -0.2) is 0 Å². The smallest absolute Gasteiger partial charge is 0.0642 e. The summed E-state index contributed by atoms with van der Waals surface area (Å²) in [7, 11) is 0. The van der Waals surface area contributed by atoms with E-state index in [0.29, 0.717) is 18.5 Å². The molecule has 1 atom stereocenters. The normalized spacial score (nSPS) is 19.8. The minimum Gasteiger partial charge on any atom is -0.367 e. The molecule has 1 aromatic rings. The first kappa shape index (κ1) is 13.7. The van der Waals surface area contributed by atoms with Gasteiger partial charge in [-0.05, 0) is 43.4 Å². The Bertz CT molecular complexity index is 403. The molecule has 1 unspecified atom stereocenters. The summed E-state index contributed by atoms with van der Waals surface area (Å²) in [6, 6.07) is 6.79. The van der Waals surface area contributed by atoms with Crippen LogP contribution in [-0.2, 0) is 6.42 Å². The van der Waals surface area contributed by atoms with Crippen molar-refractivity contribution in [2.75, 3.05) is 18.0 Å². The number of para-hydroxylation sites is 1. The lowest BCUT2D eigenvalue weighted by Gasteiger charge is -2.32. The van der Waals surface area contributed by atoms with E-state index in [1.807, 2.05) is 12.1 Å². The van der Waals surface area contributed by atoms with Crippen LogP contribution in [0.15, 0.2) is 18.2 Å². The first-order valence-corrected chi connectivity index (χ1v) is 7.27. The van der Waals surface area contributed by atoms with Crippen molar-refractivity contribution >= 4 is 17.3 Å². The molecule has 2 nitrogen and oxygen atoms in total. The Balaban J connectivity index is 2.36. The first-order chi connectivity index (χ1) is 8.65. The second kappa shape index (κ2) is 5.94. The highest BCUT2D eigenvalue weighted by atomic mass is 35.5. The molecule has 1 aliphatic rings. The summed E-state index contributed by atoms with van der Waals surface area (Å²) < 4.78 is 0. The molecule has 0 amide bonds. The SMILES string of the molecule is CC(C)C1CCCN1c1c(Cl)cccc1CCN. The van der Waals surface area contributed by atoms with Gasteiger partial charge in [-0.2, -0.15) is 0 Å². The molecule has 1 heterocycles. The maximum Gasteiger partial charge on any atom is 0.0642 e. The second-order valence-electron chi connectivity index (χ2n) is 5.43. The molecule has 1 saturated heterocycles. The van der Waals surface area contributed by atoms with E-state index in [9.17, 15) is 0 Å². The van der Waals surface area contributed by atoms with Crippen LogP contribution in [0.4, 0.5) is 5.69 Å². The molecule has 100 valence electrons. The second-order valence-corrected chi connectivity index (χ2v) is 5.84. The van der Waals surface area contributed by atoms with Crippen molar-refractivity contribution in [2.24, 2.45) is 11.7 Å². The number of nitrogens with two attached hydrogens (primary N) is 1. The van der Waals surface area contributed by atoms with E-state index in [0.717, 1.165) is 18.0 Å². The van der Waals surface area contributed by atoms with Gasteiger partial charge in [0.25, 0.3) is 0 Å². The van der Waals surface area contributed by atoms with Gasteiger partial charge >= 0.3 is 0 Å². The van der Waals surface area contributed by atoms with Crippen molar-refractivity contribution in [1.82, 2.24) is 0 Å². The summed E-state index contributed by atoms with van der Waals surface area (Å²) in [5.41, 5.74) is 8.22. The Labute approximate surface area is 115 Å². The molecule has 0 bridgehead atoms. The molecule has 2 rings (SSSR count). The Kier molecular flexibility index (Phi) is 4.52. The monoisotopic (exact) mass is 266 g/mol. The van der Waals surface area contributed by atoms with Crippen LogP contribution in [0.3, 0.4) is 0 Å². The highest BCUT2D eigenvalue weighted by Gasteiger charge is 2.29. The lowest BCUT2D eigenvalue weighted by Crippen LogP contribution is -2.34. The van der Waals surface area contributed by atoms with Crippen LogP contribution in [0.1, 0.15) is 32.3 Å². The van der Waals surface area contributed by atoms with Crippen LogP contribution >= 0.6 is 11.6 Å². The van der Waals surface area contributed by atoms with Crippen LogP contribution in [0, 0.1) is 5.92 Å². The fourth-order valence-corrected chi connectivity index (χ4v) is 3.30. The molecule has 0 radical (unpaired) electrons. The van der Waals surface area contributed by atoms with Crippen molar-refractivity contribution in [3.63, 3.8) is 0 Å². The molecule has 0 aromatic heterocycles. The fourth-order valence-electron chi connectivity index (χ4n) is 3.00.